The van der Waals surface area contributed by atoms with Gasteiger partial charge in [-0.2, -0.15) is 0 Å². The van der Waals surface area contributed by atoms with Crippen LogP contribution in [0.15, 0.2) is 46.9 Å². The van der Waals surface area contributed by atoms with Crippen LogP contribution in [-0.2, 0) is 13.2 Å². The number of aliphatic hydroxyl groups excluding tert-OH is 1. The van der Waals surface area contributed by atoms with E-state index in [2.05, 4.69) is 21.2 Å². The summed E-state index contributed by atoms with van der Waals surface area (Å²) in [7, 11) is 0. The molecule has 0 fully saturated rings. The van der Waals surface area contributed by atoms with E-state index in [-0.39, 0.29) is 18.5 Å². The maximum absolute atomic E-state index is 13.2. The highest BCUT2D eigenvalue weighted by molar-refractivity contribution is 9.10. The molecule has 106 valence electrons. The predicted molar refractivity (Wildman–Crippen MR) is 81.7 cm³/mol. The fourth-order valence-corrected chi connectivity index (χ4v) is 2.33. The molecule has 0 aliphatic rings. The molecule has 2 nitrogen and oxygen atoms in total. The topological polar surface area (TPSA) is 32.3 Å². The van der Waals surface area contributed by atoms with E-state index in [1.807, 2.05) is 31.2 Å². The van der Waals surface area contributed by atoms with E-state index in [0.29, 0.717) is 4.47 Å². The van der Waals surface area contributed by atoms with Crippen molar-refractivity contribution in [1.29, 1.82) is 0 Å². The first kappa shape index (κ1) is 15.2. The maximum Gasteiger partial charge on any atom is 0.137 e. The van der Waals surface area contributed by atoms with Gasteiger partial charge in [-0.25, -0.2) is 4.39 Å². The van der Waals surface area contributed by atoms with Gasteiger partial charge in [-0.3, -0.25) is 0 Å². The fourth-order valence-electron chi connectivity index (χ4n) is 1.93. The van der Waals surface area contributed by atoms with Gasteiger partial charge in [0.2, 0.25) is 0 Å². The van der Waals surface area contributed by atoms with Crippen LogP contribution in [0.25, 0.3) is 0 Å². The van der Waals surface area contributed by atoms with Crippen LogP contribution in [0.3, 0.4) is 0 Å². The van der Waals surface area contributed by atoms with Gasteiger partial charge in [0.05, 0.1) is 11.1 Å². The molecule has 1 unspecified atom stereocenters. The lowest BCUT2D eigenvalue weighted by Gasteiger charge is -2.15. The summed E-state index contributed by atoms with van der Waals surface area (Å²) < 4.78 is 13.7. The lowest BCUT2D eigenvalue weighted by atomic mass is 10.1. The number of nitrogens with one attached hydrogen (secondary N) is 1. The molecule has 0 aliphatic heterocycles. The molecule has 0 bridgehead atoms. The van der Waals surface area contributed by atoms with Crippen LogP contribution in [0.4, 0.5) is 4.39 Å². The van der Waals surface area contributed by atoms with E-state index >= 15 is 0 Å². The molecule has 0 saturated heterocycles. The van der Waals surface area contributed by atoms with Crippen molar-refractivity contribution in [2.24, 2.45) is 0 Å². The Kier molecular flexibility index (Phi) is 5.29. The third kappa shape index (κ3) is 3.88. The van der Waals surface area contributed by atoms with Crippen molar-refractivity contribution in [3.8, 4) is 0 Å². The standard InChI is InChI=1S/C16H17BrFNO/c1-11(14-6-7-16(18)15(17)8-14)19-9-12-2-4-13(10-20)5-3-12/h2-8,11,19-20H,9-10H2,1H3. The van der Waals surface area contributed by atoms with Gasteiger partial charge < -0.3 is 10.4 Å². The second-order valence-electron chi connectivity index (χ2n) is 4.75. The average Bonchev–Trinajstić information content (AvgIpc) is 2.48. The van der Waals surface area contributed by atoms with Gasteiger partial charge in [-0.15, -0.1) is 0 Å². The van der Waals surface area contributed by atoms with Gasteiger partial charge in [-0.1, -0.05) is 30.3 Å². The molecule has 0 amide bonds. The lowest BCUT2D eigenvalue weighted by Crippen LogP contribution is -2.18. The van der Waals surface area contributed by atoms with Crippen molar-refractivity contribution in [2.45, 2.75) is 26.1 Å². The summed E-state index contributed by atoms with van der Waals surface area (Å²) in [5, 5.41) is 12.4. The fraction of sp³-hybridized carbons (Fsp3) is 0.250. The van der Waals surface area contributed by atoms with E-state index in [9.17, 15) is 4.39 Å². The summed E-state index contributed by atoms with van der Waals surface area (Å²) in [6, 6.07) is 13.0. The van der Waals surface area contributed by atoms with Gasteiger partial charge >= 0.3 is 0 Å². The summed E-state index contributed by atoms with van der Waals surface area (Å²) in [5.41, 5.74) is 3.09. The van der Waals surface area contributed by atoms with Gasteiger partial charge in [0.1, 0.15) is 5.82 Å². The molecule has 0 spiro atoms. The molecule has 4 heteroatoms. The zero-order valence-electron chi connectivity index (χ0n) is 11.2. The SMILES string of the molecule is CC(NCc1ccc(CO)cc1)c1ccc(F)c(Br)c1. The second kappa shape index (κ2) is 6.97. The second-order valence-corrected chi connectivity index (χ2v) is 5.61. The van der Waals surface area contributed by atoms with Crippen molar-refractivity contribution in [3.63, 3.8) is 0 Å². The number of aliphatic hydroxyl groups is 1. The van der Waals surface area contributed by atoms with Crippen LogP contribution in [0, 0.1) is 5.82 Å². The Hall–Kier alpha value is -1.23. The molecular formula is C16H17BrFNO. The van der Waals surface area contributed by atoms with Crippen molar-refractivity contribution in [1.82, 2.24) is 5.32 Å². The maximum atomic E-state index is 13.2. The molecular weight excluding hydrogens is 321 g/mol. The van der Waals surface area contributed by atoms with Gasteiger partial charge in [0, 0.05) is 12.6 Å². The number of halogens is 2. The summed E-state index contributed by atoms with van der Waals surface area (Å²) in [6.07, 6.45) is 0. The van der Waals surface area contributed by atoms with Crippen LogP contribution in [0.1, 0.15) is 29.7 Å². The predicted octanol–water partition coefficient (Wildman–Crippen LogP) is 3.93. The molecule has 0 aliphatic carbocycles. The van der Waals surface area contributed by atoms with Gasteiger partial charge in [-0.05, 0) is 51.7 Å². The minimum Gasteiger partial charge on any atom is -0.392 e. The Morgan fingerprint density at radius 1 is 1.15 bits per heavy atom. The van der Waals surface area contributed by atoms with Crippen molar-refractivity contribution >= 4 is 15.9 Å². The van der Waals surface area contributed by atoms with Crippen LogP contribution < -0.4 is 5.32 Å². The third-order valence-corrected chi connectivity index (χ3v) is 3.87. The molecule has 1 atom stereocenters. The molecule has 2 N–H and O–H groups in total. The zero-order valence-corrected chi connectivity index (χ0v) is 12.8. The van der Waals surface area contributed by atoms with E-state index < -0.39 is 0 Å². The summed E-state index contributed by atoms with van der Waals surface area (Å²) in [5.74, 6) is -0.249. The molecule has 0 saturated carbocycles. The van der Waals surface area contributed by atoms with Crippen molar-refractivity contribution in [3.05, 3.63) is 69.4 Å². The number of benzene rings is 2. The minimum absolute atomic E-state index is 0.0632. The summed E-state index contributed by atoms with van der Waals surface area (Å²) in [4.78, 5) is 0. The zero-order chi connectivity index (χ0) is 14.5. The molecule has 0 aromatic heterocycles. The highest BCUT2D eigenvalue weighted by Crippen LogP contribution is 2.21. The Bertz CT molecular complexity index is 571. The first-order chi connectivity index (χ1) is 9.60. The number of hydrogen-bond donors (Lipinski definition) is 2. The first-order valence-corrected chi connectivity index (χ1v) is 7.26. The van der Waals surface area contributed by atoms with Crippen LogP contribution in [0.5, 0.6) is 0 Å². The monoisotopic (exact) mass is 337 g/mol. The third-order valence-electron chi connectivity index (χ3n) is 3.26. The summed E-state index contributed by atoms with van der Waals surface area (Å²) in [6.45, 7) is 2.83. The number of rotatable bonds is 5. The van der Waals surface area contributed by atoms with E-state index in [0.717, 1.165) is 23.2 Å². The Labute approximate surface area is 126 Å². The van der Waals surface area contributed by atoms with E-state index in [1.165, 1.54) is 6.07 Å². The minimum atomic E-state index is -0.249. The van der Waals surface area contributed by atoms with E-state index in [1.54, 1.807) is 12.1 Å². The largest absolute Gasteiger partial charge is 0.392 e. The molecule has 0 heterocycles. The molecule has 20 heavy (non-hydrogen) atoms. The quantitative estimate of drug-likeness (QED) is 0.866. The highest BCUT2D eigenvalue weighted by atomic mass is 79.9. The van der Waals surface area contributed by atoms with E-state index in [4.69, 9.17) is 5.11 Å². The number of hydrogen-bond acceptors (Lipinski definition) is 2. The average molecular weight is 338 g/mol. The molecule has 2 aromatic carbocycles. The van der Waals surface area contributed by atoms with Crippen LogP contribution in [-0.4, -0.2) is 5.11 Å². The molecule has 0 radical (unpaired) electrons. The normalized spacial score (nSPS) is 12.4. The first-order valence-electron chi connectivity index (χ1n) is 6.47. The lowest BCUT2D eigenvalue weighted by molar-refractivity contribution is 0.282. The smallest absolute Gasteiger partial charge is 0.137 e. The van der Waals surface area contributed by atoms with Crippen molar-refractivity contribution in [2.75, 3.05) is 0 Å². The summed E-state index contributed by atoms with van der Waals surface area (Å²) >= 11 is 3.20. The van der Waals surface area contributed by atoms with Crippen molar-refractivity contribution < 1.29 is 9.50 Å². The van der Waals surface area contributed by atoms with Crippen LogP contribution in [0.2, 0.25) is 0 Å². The molecule has 2 rings (SSSR count). The molecule has 2 aromatic rings. The van der Waals surface area contributed by atoms with Gasteiger partial charge in [0.25, 0.3) is 0 Å². The Morgan fingerprint density at radius 3 is 2.40 bits per heavy atom. The Balaban J connectivity index is 1.96. The highest BCUT2D eigenvalue weighted by Gasteiger charge is 2.07. The van der Waals surface area contributed by atoms with Crippen LogP contribution >= 0.6 is 15.9 Å². The van der Waals surface area contributed by atoms with Gasteiger partial charge in [0.15, 0.2) is 0 Å². The Morgan fingerprint density at radius 2 is 1.80 bits per heavy atom.